The average molecular weight is 376 g/mol. The molecule has 6 heteroatoms. The second-order valence-corrected chi connectivity index (χ2v) is 7.02. The number of aryl methyl sites for hydroxylation is 1. The lowest BCUT2D eigenvalue weighted by Crippen LogP contribution is -2.46. The Bertz CT molecular complexity index is 1010. The van der Waals surface area contributed by atoms with Gasteiger partial charge in [0.15, 0.2) is 0 Å². The van der Waals surface area contributed by atoms with Crippen LogP contribution in [0.4, 0.5) is 11.4 Å². The molecule has 0 spiro atoms. The highest BCUT2D eigenvalue weighted by molar-refractivity contribution is 5.95. The molecule has 1 aromatic heterocycles. The van der Waals surface area contributed by atoms with Crippen LogP contribution in [0, 0.1) is 6.92 Å². The number of carbonyl (C=O) groups excluding carboxylic acids is 1. The third-order valence-corrected chi connectivity index (χ3v) is 5.27. The minimum absolute atomic E-state index is 0.397. The summed E-state index contributed by atoms with van der Waals surface area (Å²) in [4.78, 5) is 20.7. The zero-order valence-corrected chi connectivity index (χ0v) is 16.2. The van der Waals surface area contributed by atoms with Crippen LogP contribution in [0.25, 0.3) is 10.9 Å². The van der Waals surface area contributed by atoms with Gasteiger partial charge < -0.3 is 20.3 Å². The second-order valence-electron chi connectivity index (χ2n) is 7.02. The van der Waals surface area contributed by atoms with Crippen LogP contribution in [0.15, 0.2) is 48.5 Å². The normalized spacial score (nSPS) is 14.4. The predicted octanol–water partition coefficient (Wildman–Crippen LogP) is 2.98. The number of amides is 1. The third kappa shape index (κ3) is 3.33. The van der Waals surface area contributed by atoms with Crippen molar-refractivity contribution in [1.29, 1.82) is 0 Å². The van der Waals surface area contributed by atoms with E-state index in [1.807, 2.05) is 31.2 Å². The van der Waals surface area contributed by atoms with Crippen LogP contribution in [0.2, 0.25) is 0 Å². The molecule has 0 bridgehead atoms. The van der Waals surface area contributed by atoms with Gasteiger partial charge in [-0.25, -0.2) is 4.98 Å². The Morgan fingerprint density at radius 2 is 1.71 bits per heavy atom. The molecule has 1 amide bonds. The van der Waals surface area contributed by atoms with Crippen molar-refractivity contribution in [2.75, 3.05) is 43.1 Å². The van der Waals surface area contributed by atoms with Crippen molar-refractivity contribution < 1.29 is 9.53 Å². The van der Waals surface area contributed by atoms with E-state index in [-0.39, 0.29) is 0 Å². The number of carbonyl (C=O) groups is 1. The lowest BCUT2D eigenvalue weighted by Gasteiger charge is -2.38. The number of para-hydroxylation sites is 1. The van der Waals surface area contributed by atoms with E-state index in [4.69, 9.17) is 10.5 Å². The van der Waals surface area contributed by atoms with Crippen LogP contribution in [0.1, 0.15) is 16.1 Å². The van der Waals surface area contributed by atoms with Crippen molar-refractivity contribution in [2.24, 2.45) is 5.73 Å². The molecule has 2 heterocycles. The number of rotatable bonds is 4. The van der Waals surface area contributed by atoms with Crippen LogP contribution in [0.5, 0.6) is 5.75 Å². The summed E-state index contributed by atoms with van der Waals surface area (Å²) in [6.07, 6.45) is 0. The van der Waals surface area contributed by atoms with Crippen LogP contribution < -0.4 is 20.3 Å². The number of nitrogens with two attached hydrogens (primary N) is 1. The fourth-order valence-corrected chi connectivity index (χ4v) is 3.80. The molecule has 2 N–H and O–H groups in total. The van der Waals surface area contributed by atoms with Crippen LogP contribution in [0.3, 0.4) is 0 Å². The van der Waals surface area contributed by atoms with Gasteiger partial charge in [-0.05, 0) is 43.3 Å². The van der Waals surface area contributed by atoms with Gasteiger partial charge in [0.1, 0.15) is 11.3 Å². The van der Waals surface area contributed by atoms with Gasteiger partial charge in [0.05, 0.1) is 7.11 Å². The molecule has 0 atom stereocenters. The largest absolute Gasteiger partial charge is 0.494 e. The first-order valence-electron chi connectivity index (χ1n) is 9.41. The number of ether oxygens (including phenoxy) is 1. The molecule has 0 radical (unpaired) electrons. The fourth-order valence-electron chi connectivity index (χ4n) is 3.80. The van der Waals surface area contributed by atoms with E-state index >= 15 is 0 Å². The summed E-state index contributed by atoms with van der Waals surface area (Å²) < 4.78 is 5.50. The van der Waals surface area contributed by atoms with Gasteiger partial charge in [-0.2, -0.15) is 0 Å². The minimum atomic E-state index is -0.397. The molecule has 0 saturated carbocycles. The highest BCUT2D eigenvalue weighted by Gasteiger charge is 2.20. The van der Waals surface area contributed by atoms with E-state index in [1.165, 1.54) is 5.69 Å². The van der Waals surface area contributed by atoms with Crippen LogP contribution in [-0.4, -0.2) is 44.2 Å². The molecule has 0 unspecified atom stereocenters. The van der Waals surface area contributed by atoms with Crippen LogP contribution in [-0.2, 0) is 0 Å². The number of piperazine rings is 1. The lowest BCUT2D eigenvalue weighted by molar-refractivity contribution is 0.100. The van der Waals surface area contributed by atoms with Gasteiger partial charge in [0.25, 0.3) is 0 Å². The van der Waals surface area contributed by atoms with E-state index in [9.17, 15) is 4.79 Å². The molecule has 2 aromatic carbocycles. The van der Waals surface area contributed by atoms with Gasteiger partial charge in [0.2, 0.25) is 5.91 Å². The maximum absolute atomic E-state index is 11.3. The molecular weight excluding hydrogens is 352 g/mol. The molecule has 1 aliphatic heterocycles. The minimum Gasteiger partial charge on any atom is -0.494 e. The van der Waals surface area contributed by atoms with Gasteiger partial charge in [-0.3, -0.25) is 4.79 Å². The number of methoxy groups -OCH3 is 1. The number of anilines is 2. The zero-order chi connectivity index (χ0) is 19.7. The molecule has 1 saturated heterocycles. The molecule has 0 aliphatic carbocycles. The number of hydrogen-bond acceptors (Lipinski definition) is 5. The van der Waals surface area contributed by atoms with Crippen LogP contribution >= 0.6 is 0 Å². The number of aromatic nitrogens is 1. The van der Waals surface area contributed by atoms with Gasteiger partial charge in [-0.1, -0.05) is 12.1 Å². The maximum Gasteiger partial charge on any atom is 0.248 e. The van der Waals surface area contributed by atoms with Crippen molar-refractivity contribution in [1.82, 2.24) is 4.98 Å². The van der Waals surface area contributed by atoms with Crippen molar-refractivity contribution in [3.63, 3.8) is 0 Å². The Balaban J connectivity index is 1.56. The number of hydrogen-bond donors (Lipinski definition) is 1. The first-order chi connectivity index (χ1) is 13.6. The average Bonchev–Trinajstić information content (AvgIpc) is 2.73. The number of primary amides is 1. The summed E-state index contributed by atoms with van der Waals surface area (Å²) in [5.41, 5.74) is 10.1. The molecule has 6 nitrogen and oxygen atoms in total. The monoisotopic (exact) mass is 376 g/mol. The van der Waals surface area contributed by atoms with E-state index in [1.54, 1.807) is 19.2 Å². The highest BCUT2D eigenvalue weighted by atomic mass is 16.5. The lowest BCUT2D eigenvalue weighted by atomic mass is 10.1. The first kappa shape index (κ1) is 18.1. The summed E-state index contributed by atoms with van der Waals surface area (Å²) in [5.74, 6) is 0.405. The summed E-state index contributed by atoms with van der Waals surface area (Å²) in [7, 11) is 1.68. The van der Waals surface area contributed by atoms with Gasteiger partial charge >= 0.3 is 0 Å². The quantitative estimate of drug-likeness (QED) is 0.758. The standard InChI is InChI=1S/C22H24N4O2/c1-15-14-19(18-4-3-5-20(28-2)21(18)24-15)26-12-10-25(11-13-26)17-8-6-16(7-9-17)22(23)27/h3-9,14H,10-13H2,1-2H3,(H2,23,27). The topological polar surface area (TPSA) is 71.7 Å². The first-order valence-corrected chi connectivity index (χ1v) is 9.41. The summed E-state index contributed by atoms with van der Waals surface area (Å²) in [6, 6.07) is 15.7. The third-order valence-electron chi connectivity index (χ3n) is 5.27. The predicted molar refractivity (Wildman–Crippen MR) is 112 cm³/mol. The van der Waals surface area contributed by atoms with Gasteiger partial charge in [-0.15, -0.1) is 0 Å². The van der Waals surface area contributed by atoms with Crippen molar-refractivity contribution >= 4 is 28.2 Å². The Hall–Kier alpha value is -3.28. The van der Waals surface area contributed by atoms with E-state index < -0.39 is 5.91 Å². The molecular formula is C22H24N4O2. The SMILES string of the molecule is COc1cccc2c(N3CCN(c4ccc(C(N)=O)cc4)CC3)cc(C)nc12. The molecule has 144 valence electrons. The summed E-state index contributed by atoms with van der Waals surface area (Å²) in [6.45, 7) is 5.65. The Morgan fingerprint density at radius 3 is 2.36 bits per heavy atom. The Kier molecular flexibility index (Phi) is 4.77. The van der Waals surface area contributed by atoms with Crippen molar-refractivity contribution in [3.8, 4) is 5.75 Å². The number of fused-ring (bicyclic) bond motifs is 1. The molecule has 4 rings (SSSR count). The molecule has 1 fully saturated rings. The van der Waals surface area contributed by atoms with E-state index in [2.05, 4.69) is 26.9 Å². The Labute approximate surface area is 164 Å². The van der Waals surface area contributed by atoms with Crippen molar-refractivity contribution in [2.45, 2.75) is 6.92 Å². The molecule has 1 aliphatic rings. The Morgan fingerprint density at radius 1 is 1.04 bits per heavy atom. The smallest absolute Gasteiger partial charge is 0.248 e. The zero-order valence-electron chi connectivity index (χ0n) is 16.2. The van der Waals surface area contributed by atoms with Gasteiger partial charge in [0, 0.05) is 54.2 Å². The number of pyridine rings is 1. The number of nitrogens with zero attached hydrogens (tertiary/aromatic N) is 3. The summed E-state index contributed by atoms with van der Waals surface area (Å²) in [5, 5.41) is 1.12. The summed E-state index contributed by atoms with van der Waals surface area (Å²) >= 11 is 0. The molecule has 28 heavy (non-hydrogen) atoms. The van der Waals surface area contributed by atoms with E-state index in [0.29, 0.717) is 5.56 Å². The molecule has 3 aromatic rings. The fraction of sp³-hybridized carbons (Fsp3) is 0.273. The van der Waals surface area contributed by atoms with E-state index in [0.717, 1.165) is 54.2 Å². The maximum atomic E-state index is 11.3. The van der Waals surface area contributed by atoms with Crippen molar-refractivity contribution in [3.05, 3.63) is 59.8 Å². The second kappa shape index (κ2) is 7.38. The number of benzene rings is 2. The highest BCUT2D eigenvalue weighted by Crippen LogP contribution is 2.33.